The van der Waals surface area contributed by atoms with Crippen molar-refractivity contribution in [2.45, 2.75) is 38.5 Å². The van der Waals surface area contributed by atoms with Crippen LogP contribution in [0.2, 0.25) is 0 Å². The second-order valence-electron chi connectivity index (χ2n) is 5.23. The third kappa shape index (κ3) is 4.53. The summed E-state index contributed by atoms with van der Waals surface area (Å²) in [6.07, 6.45) is 1.88. The van der Waals surface area contributed by atoms with Crippen LogP contribution in [-0.2, 0) is 20.1 Å². The molecule has 1 heterocycles. The van der Waals surface area contributed by atoms with Gasteiger partial charge in [0.25, 0.3) is 5.92 Å². The summed E-state index contributed by atoms with van der Waals surface area (Å²) in [5.41, 5.74) is -1.67. The molecule has 0 saturated heterocycles. The van der Waals surface area contributed by atoms with E-state index in [2.05, 4.69) is 4.98 Å². The van der Waals surface area contributed by atoms with Gasteiger partial charge in [-0.05, 0) is 19.9 Å². The molecule has 0 bridgehead atoms. The zero-order valence-corrected chi connectivity index (χ0v) is 16.1. The van der Waals surface area contributed by atoms with Crippen LogP contribution in [0.4, 0.5) is 26.3 Å². The number of aliphatic hydroxyl groups is 1. The van der Waals surface area contributed by atoms with Crippen molar-refractivity contribution in [3.63, 3.8) is 0 Å². The molecule has 147 valence electrons. The van der Waals surface area contributed by atoms with Crippen LogP contribution < -0.4 is 0 Å². The third-order valence-electron chi connectivity index (χ3n) is 3.39. The van der Waals surface area contributed by atoms with Crippen LogP contribution in [0.15, 0.2) is 35.7 Å². The molecule has 0 saturated carbocycles. The largest absolute Gasteiger partial charge is 0.512 e. The van der Waals surface area contributed by atoms with Gasteiger partial charge in [-0.25, -0.2) is 8.78 Å². The molecular weight excluding hydrogens is 544 g/mol. The first kappa shape index (κ1) is 24.3. The molecule has 1 aromatic heterocycles. The van der Waals surface area contributed by atoms with E-state index in [1.54, 1.807) is 6.92 Å². The van der Waals surface area contributed by atoms with E-state index in [4.69, 9.17) is 9.90 Å². The second-order valence-corrected chi connectivity index (χ2v) is 5.23. The monoisotopic (exact) mass is 560 g/mol. The van der Waals surface area contributed by atoms with Gasteiger partial charge in [0.2, 0.25) is 0 Å². The van der Waals surface area contributed by atoms with E-state index in [1.807, 2.05) is 0 Å². The summed E-state index contributed by atoms with van der Waals surface area (Å²) in [6, 6.07) is 3.50. The molecule has 1 radical (unpaired) electrons. The Kier molecular flexibility index (Phi) is 7.81. The Morgan fingerprint density at radius 3 is 1.88 bits per heavy atom. The van der Waals surface area contributed by atoms with Crippen molar-refractivity contribution in [2.24, 2.45) is 0 Å². The number of hydrogen-bond donors (Lipinski definition) is 1. The molecule has 0 aromatic carbocycles. The summed E-state index contributed by atoms with van der Waals surface area (Å²) in [5, 5.41) is 8.69. The van der Waals surface area contributed by atoms with E-state index in [9.17, 15) is 26.3 Å². The number of rotatable bonds is 2. The number of aliphatic hydroxyl groups excluding tert-OH is 1. The summed E-state index contributed by atoms with van der Waals surface area (Å²) in [5.74, 6) is -15.2. The van der Waals surface area contributed by atoms with Crippen LogP contribution in [0.5, 0.6) is 0 Å². The number of aromatic nitrogens is 1. The topological polar surface area (TPSA) is 54.5 Å². The van der Waals surface area contributed by atoms with Gasteiger partial charge >= 0.3 is 17.6 Å². The van der Waals surface area contributed by atoms with E-state index in [0.717, 1.165) is 18.3 Å². The van der Waals surface area contributed by atoms with Crippen molar-refractivity contribution in [3.8, 4) is 0 Å². The molecule has 0 atom stereocenters. The number of carbonyl (C=O) groups excluding carboxylic acids is 1. The van der Waals surface area contributed by atoms with E-state index in [-0.39, 0.29) is 31.6 Å². The smallest absolute Gasteiger partial charge is 0.360 e. The van der Waals surface area contributed by atoms with Gasteiger partial charge in [0.05, 0.1) is 12.5 Å². The zero-order chi connectivity index (χ0) is 19.6. The zero-order valence-electron chi connectivity index (χ0n) is 13.8. The fourth-order valence-electron chi connectivity index (χ4n) is 1.67. The van der Waals surface area contributed by atoms with E-state index >= 15 is 0 Å². The molecule has 1 aliphatic carbocycles. The molecule has 26 heavy (non-hydrogen) atoms. The number of hydrogen-bond acceptors (Lipinski definition) is 2. The predicted molar refractivity (Wildman–Crippen MR) is 79.3 cm³/mol. The first-order chi connectivity index (χ1) is 11.3. The van der Waals surface area contributed by atoms with Crippen molar-refractivity contribution in [3.05, 3.63) is 47.5 Å². The minimum atomic E-state index is -5.49. The predicted octanol–water partition coefficient (Wildman–Crippen LogP) is 4.59. The number of alkyl halides is 6. The van der Waals surface area contributed by atoms with Gasteiger partial charge in [0.1, 0.15) is 5.76 Å². The van der Waals surface area contributed by atoms with Gasteiger partial charge in [-0.15, -0.1) is 11.6 Å². The fourth-order valence-corrected chi connectivity index (χ4v) is 1.67. The molecule has 0 spiro atoms. The van der Waals surface area contributed by atoms with E-state index in [0.29, 0.717) is 5.57 Å². The minimum Gasteiger partial charge on any atom is -0.512 e. The van der Waals surface area contributed by atoms with E-state index in [1.165, 1.54) is 26.0 Å². The van der Waals surface area contributed by atoms with E-state index < -0.39 is 29.0 Å². The number of halogens is 6. The normalized spacial score (nSPS) is 20.0. The minimum absolute atomic E-state index is 0. The van der Waals surface area contributed by atoms with Gasteiger partial charge in [-0.2, -0.15) is 23.6 Å². The van der Waals surface area contributed by atoms with Crippen LogP contribution in [0.3, 0.4) is 0 Å². The van der Waals surface area contributed by atoms with Crippen LogP contribution >= 0.6 is 0 Å². The Labute approximate surface area is 159 Å². The molecule has 2 rings (SSSR count). The molecular formula is C16H15F6IrNO2. The number of pyridine rings is 1. The van der Waals surface area contributed by atoms with Gasteiger partial charge in [-0.1, -0.05) is 11.8 Å². The molecule has 0 fully saturated rings. The molecule has 0 aliphatic heterocycles. The first-order valence-corrected chi connectivity index (χ1v) is 6.85. The maximum atomic E-state index is 13.2. The van der Waals surface area contributed by atoms with Gasteiger partial charge in [-0.3, -0.25) is 4.79 Å². The van der Waals surface area contributed by atoms with Crippen molar-refractivity contribution in [1.29, 1.82) is 0 Å². The second kappa shape index (κ2) is 8.35. The Morgan fingerprint density at radius 1 is 1.08 bits per heavy atom. The average molecular weight is 560 g/mol. The fraction of sp³-hybridized carbons (Fsp3) is 0.375. The molecule has 10 heteroatoms. The summed E-state index contributed by atoms with van der Waals surface area (Å²) in [4.78, 5) is 12.0. The van der Waals surface area contributed by atoms with Crippen LogP contribution in [0, 0.1) is 6.08 Å². The standard InChI is InChI=1S/C10H4F6N.C6H10O2.Ir/c11-8(12)5-6(7-3-1-2-4-17-7)9(13,14)10(8,15)16;1-4(5(2)7)6(3)8;/h1-4H;7H,1-3H3;/q-1;;/p+1/b;5-4-;. The van der Waals surface area contributed by atoms with Crippen molar-refractivity contribution >= 4 is 11.4 Å². The van der Waals surface area contributed by atoms with Crippen LogP contribution in [-0.4, -0.2) is 38.4 Å². The van der Waals surface area contributed by atoms with Gasteiger partial charge in [0.15, 0.2) is 0 Å². The molecule has 0 unspecified atom stereocenters. The Bertz CT molecular complexity index is 713. The van der Waals surface area contributed by atoms with Crippen molar-refractivity contribution < 1.29 is 56.3 Å². The molecule has 2 N–H and O–H groups in total. The van der Waals surface area contributed by atoms with Crippen molar-refractivity contribution in [2.75, 3.05) is 0 Å². The molecule has 1 aliphatic rings. The summed E-state index contributed by atoms with van der Waals surface area (Å²) in [6.45, 7) is 4.73. The number of ketones is 1. The molecule has 3 nitrogen and oxygen atoms in total. The maximum Gasteiger partial charge on any atom is 0.360 e. The van der Waals surface area contributed by atoms with Gasteiger partial charge in [0, 0.05) is 26.3 Å². The summed E-state index contributed by atoms with van der Waals surface area (Å²) < 4.78 is 77.6. The summed E-state index contributed by atoms with van der Waals surface area (Å²) >= 11 is 0. The number of nitrogens with zero attached hydrogens (tertiary/aromatic N) is 1. The Hall–Kier alpha value is -1.67. The maximum absolute atomic E-state index is 13.2. The Morgan fingerprint density at radius 2 is 1.62 bits per heavy atom. The number of allylic oxidation sites excluding steroid dienone is 4. The molecule has 0 amide bonds. The summed E-state index contributed by atoms with van der Waals surface area (Å²) in [7, 11) is 0. The van der Waals surface area contributed by atoms with Crippen LogP contribution in [0.25, 0.3) is 5.57 Å². The third-order valence-corrected chi connectivity index (χ3v) is 3.39. The van der Waals surface area contributed by atoms with Crippen molar-refractivity contribution in [1.82, 2.24) is 4.98 Å². The van der Waals surface area contributed by atoms with Crippen LogP contribution in [0.1, 0.15) is 26.5 Å². The first-order valence-electron chi connectivity index (χ1n) is 6.85. The quantitative estimate of drug-likeness (QED) is 0.190. The van der Waals surface area contributed by atoms with Gasteiger partial charge < -0.3 is 10.1 Å². The average Bonchev–Trinajstić information content (AvgIpc) is 2.64. The Balaban J connectivity index is 0.000000597. The molecule has 1 aromatic rings. The SMILES string of the molecule is CC(=[OH+])/C(C)=C(/C)O.FC1(F)[C-]=C(c2ccccn2)C(F)(F)C1(F)F.[Ir].